The molecular weight excluding hydrogens is 414 g/mol. The van der Waals surface area contributed by atoms with Crippen LogP contribution < -0.4 is 10.9 Å². The molecule has 0 amide bonds. The van der Waals surface area contributed by atoms with E-state index in [4.69, 9.17) is 0 Å². The lowest BCUT2D eigenvalue weighted by Crippen LogP contribution is -2.42. The van der Waals surface area contributed by atoms with Crippen LogP contribution in [-0.4, -0.2) is 47.7 Å². The van der Waals surface area contributed by atoms with Crippen LogP contribution in [0.5, 0.6) is 0 Å². The molecule has 0 radical (unpaired) electrons. The van der Waals surface area contributed by atoms with Crippen molar-refractivity contribution in [2.45, 2.75) is 58.0 Å². The van der Waals surface area contributed by atoms with E-state index in [-0.39, 0.29) is 23.1 Å². The topological polar surface area (TPSA) is 108 Å². The molecule has 1 atom stereocenters. The Hall–Kier alpha value is -2.44. The highest BCUT2D eigenvalue weighted by molar-refractivity contribution is 7.88. The second-order valence-corrected chi connectivity index (χ2v) is 11.4. The van der Waals surface area contributed by atoms with Gasteiger partial charge in [0.05, 0.1) is 11.8 Å². The molecule has 2 aliphatic rings. The van der Waals surface area contributed by atoms with Crippen molar-refractivity contribution in [3.63, 3.8) is 0 Å². The SMILES string of the molecule is CC1(C)CCC[C@H]1n1c(=O)ccc2cnc(NC3CCN(S(C)(=O)=O)CC3)c(C#N)c21. The van der Waals surface area contributed by atoms with Crippen LogP contribution in [0.3, 0.4) is 0 Å². The van der Waals surface area contributed by atoms with E-state index in [1.807, 2.05) is 0 Å². The van der Waals surface area contributed by atoms with E-state index in [2.05, 4.69) is 30.2 Å². The Labute approximate surface area is 182 Å². The summed E-state index contributed by atoms with van der Waals surface area (Å²) in [5.41, 5.74) is 0.896. The van der Waals surface area contributed by atoms with Crippen molar-refractivity contribution in [2.24, 2.45) is 5.41 Å². The molecule has 1 aliphatic carbocycles. The highest BCUT2D eigenvalue weighted by Crippen LogP contribution is 2.46. The third-order valence-corrected chi connectivity index (χ3v) is 8.15. The largest absolute Gasteiger partial charge is 0.366 e. The fourth-order valence-corrected chi connectivity index (χ4v) is 5.96. The minimum absolute atomic E-state index is 0.0156. The van der Waals surface area contributed by atoms with Gasteiger partial charge in [0.2, 0.25) is 10.0 Å². The normalized spacial score (nSPS) is 22.5. The highest BCUT2D eigenvalue weighted by atomic mass is 32.2. The first-order valence-electron chi connectivity index (χ1n) is 10.8. The third kappa shape index (κ3) is 4.06. The molecule has 166 valence electrons. The Morgan fingerprint density at radius 1 is 1.23 bits per heavy atom. The average molecular weight is 444 g/mol. The zero-order valence-corrected chi connectivity index (χ0v) is 19.1. The molecule has 1 saturated carbocycles. The first-order valence-corrected chi connectivity index (χ1v) is 12.6. The molecule has 8 nitrogen and oxygen atoms in total. The number of rotatable bonds is 4. The van der Waals surface area contributed by atoms with Crippen LogP contribution in [-0.2, 0) is 10.0 Å². The van der Waals surface area contributed by atoms with Gasteiger partial charge in [0.15, 0.2) is 0 Å². The van der Waals surface area contributed by atoms with E-state index >= 15 is 0 Å². The summed E-state index contributed by atoms with van der Waals surface area (Å²) in [5.74, 6) is 0.461. The number of anilines is 1. The predicted molar refractivity (Wildman–Crippen MR) is 120 cm³/mol. The number of hydrogen-bond acceptors (Lipinski definition) is 6. The zero-order chi connectivity index (χ0) is 22.4. The van der Waals surface area contributed by atoms with Crippen LogP contribution in [0.2, 0.25) is 0 Å². The Balaban J connectivity index is 1.73. The Kier molecular flexibility index (Phi) is 5.56. The highest BCUT2D eigenvalue weighted by Gasteiger charge is 2.37. The summed E-state index contributed by atoms with van der Waals surface area (Å²) >= 11 is 0. The van der Waals surface area contributed by atoms with Gasteiger partial charge in [-0.15, -0.1) is 0 Å². The number of piperidine rings is 1. The van der Waals surface area contributed by atoms with Gasteiger partial charge in [-0.25, -0.2) is 17.7 Å². The molecule has 0 bridgehead atoms. The molecule has 2 aromatic heterocycles. The van der Waals surface area contributed by atoms with Crippen molar-refractivity contribution in [1.82, 2.24) is 13.9 Å². The zero-order valence-electron chi connectivity index (χ0n) is 18.3. The van der Waals surface area contributed by atoms with Crippen molar-refractivity contribution in [1.29, 1.82) is 5.26 Å². The van der Waals surface area contributed by atoms with Crippen molar-refractivity contribution in [3.8, 4) is 6.07 Å². The summed E-state index contributed by atoms with van der Waals surface area (Å²) in [6.45, 7) is 5.23. The van der Waals surface area contributed by atoms with E-state index in [1.54, 1.807) is 22.9 Å². The van der Waals surface area contributed by atoms with Gasteiger partial charge in [0.1, 0.15) is 17.5 Å². The maximum atomic E-state index is 13.0. The molecule has 3 heterocycles. The fraction of sp³-hybridized carbons (Fsp3) is 0.591. The van der Waals surface area contributed by atoms with Crippen LogP contribution in [0.15, 0.2) is 23.1 Å². The predicted octanol–water partition coefficient (Wildman–Crippen LogP) is 2.86. The van der Waals surface area contributed by atoms with Crippen LogP contribution in [0.1, 0.15) is 57.6 Å². The maximum absolute atomic E-state index is 13.0. The Morgan fingerprint density at radius 2 is 1.94 bits per heavy atom. The number of nitriles is 1. The number of hydrogen-bond donors (Lipinski definition) is 1. The van der Waals surface area contributed by atoms with Crippen LogP contribution in [0.25, 0.3) is 10.9 Å². The van der Waals surface area contributed by atoms with Gasteiger partial charge < -0.3 is 9.88 Å². The summed E-state index contributed by atoms with van der Waals surface area (Å²) < 4.78 is 26.8. The van der Waals surface area contributed by atoms with Crippen molar-refractivity contribution < 1.29 is 8.42 Å². The molecule has 2 fully saturated rings. The Bertz CT molecular complexity index is 1200. The molecule has 2 aromatic rings. The van der Waals surface area contributed by atoms with E-state index in [0.717, 1.165) is 24.6 Å². The number of nitrogens with zero attached hydrogens (tertiary/aromatic N) is 4. The van der Waals surface area contributed by atoms with Gasteiger partial charge in [-0.05, 0) is 37.2 Å². The second kappa shape index (κ2) is 7.92. The molecular formula is C22H29N5O3S. The summed E-state index contributed by atoms with van der Waals surface area (Å²) in [4.78, 5) is 17.5. The van der Waals surface area contributed by atoms with E-state index < -0.39 is 10.0 Å². The fourth-order valence-electron chi connectivity index (χ4n) is 5.09. The molecule has 0 spiro atoms. The lowest BCUT2D eigenvalue weighted by molar-refractivity contribution is 0.261. The number of nitrogens with one attached hydrogen (secondary N) is 1. The number of fused-ring (bicyclic) bond motifs is 1. The quantitative estimate of drug-likeness (QED) is 0.778. The van der Waals surface area contributed by atoms with Gasteiger partial charge in [-0.1, -0.05) is 20.3 Å². The third-order valence-electron chi connectivity index (χ3n) is 6.85. The van der Waals surface area contributed by atoms with Crippen molar-refractivity contribution in [3.05, 3.63) is 34.2 Å². The Morgan fingerprint density at radius 3 is 2.52 bits per heavy atom. The van der Waals surface area contributed by atoms with E-state index in [9.17, 15) is 18.5 Å². The number of aromatic nitrogens is 2. The molecule has 0 aromatic carbocycles. The number of pyridine rings is 2. The lowest BCUT2D eigenvalue weighted by atomic mass is 9.87. The lowest BCUT2D eigenvalue weighted by Gasteiger charge is -2.32. The van der Waals surface area contributed by atoms with Gasteiger partial charge in [-0.2, -0.15) is 5.26 Å². The van der Waals surface area contributed by atoms with Gasteiger partial charge in [0.25, 0.3) is 5.56 Å². The molecule has 1 saturated heterocycles. The number of sulfonamides is 1. The van der Waals surface area contributed by atoms with Crippen LogP contribution >= 0.6 is 0 Å². The standard InChI is InChI=1S/C22H29N5O3S/c1-22(2)10-4-5-18(22)27-19(28)7-6-15-14-24-21(17(13-23)20(15)27)25-16-8-11-26(12-9-16)31(3,29)30/h6-7,14,16,18H,4-5,8-12H2,1-3H3,(H,24,25)/t18-/m1/s1. The van der Waals surface area contributed by atoms with E-state index in [0.29, 0.717) is 42.8 Å². The average Bonchev–Trinajstić information content (AvgIpc) is 3.06. The summed E-state index contributed by atoms with van der Waals surface area (Å²) in [6.07, 6.45) is 7.20. The molecule has 31 heavy (non-hydrogen) atoms. The summed E-state index contributed by atoms with van der Waals surface area (Å²) in [6, 6.07) is 5.63. The maximum Gasteiger partial charge on any atom is 0.251 e. The monoisotopic (exact) mass is 443 g/mol. The minimum atomic E-state index is -3.20. The van der Waals surface area contributed by atoms with Crippen molar-refractivity contribution >= 4 is 26.7 Å². The van der Waals surface area contributed by atoms with Crippen LogP contribution in [0.4, 0.5) is 5.82 Å². The van der Waals surface area contributed by atoms with Crippen LogP contribution in [0, 0.1) is 16.7 Å². The first-order chi connectivity index (χ1) is 14.6. The van der Waals surface area contributed by atoms with Gasteiger partial charge >= 0.3 is 0 Å². The molecule has 9 heteroatoms. The summed E-state index contributed by atoms with van der Waals surface area (Å²) in [7, 11) is -3.20. The molecule has 4 rings (SSSR count). The molecule has 1 aliphatic heterocycles. The second-order valence-electron chi connectivity index (χ2n) is 9.42. The molecule has 1 N–H and O–H groups in total. The van der Waals surface area contributed by atoms with E-state index in [1.165, 1.54) is 10.6 Å². The summed E-state index contributed by atoms with van der Waals surface area (Å²) in [5, 5.41) is 14.2. The van der Waals surface area contributed by atoms with Crippen molar-refractivity contribution in [2.75, 3.05) is 24.7 Å². The first kappa shape index (κ1) is 21.8. The van der Waals surface area contributed by atoms with Gasteiger partial charge in [0, 0.05) is 42.8 Å². The molecule has 0 unspecified atom stereocenters. The minimum Gasteiger partial charge on any atom is -0.366 e. The van der Waals surface area contributed by atoms with Gasteiger partial charge in [-0.3, -0.25) is 4.79 Å². The smallest absolute Gasteiger partial charge is 0.251 e.